The molecule has 20 heavy (non-hydrogen) atoms. The first-order valence-corrected chi connectivity index (χ1v) is 6.74. The van der Waals surface area contributed by atoms with Crippen LogP contribution in [0.3, 0.4) is 0 Å². The number of benzene rings is 1. The van der Waals surface area contributed by atoms with Crippen LogP contribution in [0.5, 0.6) is 0 Å². The molecule has 2 aromatic rings. The normalized spacial score (nSPS) is 12.1. The quantitative estimate of drug-likeness (QED) is 0.785. The highest BCUT2D eigenvalue weighted by Gasteiger charge is 2.08. The number of amides is 1. The molecular formula is C15H20N4O. The number of aromatic nitrogens is 2. The molecule has 1 aromatic heterocycles. The van der Waals surface area contributed by atoms with Crippen LogP contribution in [-0.2, 0) is 17.8 Å². The van der Waals surface area contributed by atoms with Gasteiger partial charge in [-0.25, -0.2) is 0 Å². The molecule has 1 amide bonds. The number of nitrogens with zero attached hydrogens (tertiary/aromatic N) is 2. The van der Waals surface area contributed by atoms with Crippen LogP contribution in [0, 0.1) is 0 Å². The lowest BCUT2D eigenvalue weighted by atomic mass is 10.1. The fourth-order valence-corrected chi connectivity index (χ4v) is 2.09. The lowest BCUT2D eigenvalue weighted by molar-refractivity contribution is -0.121. The molecule has 0 aliphatic heterocycles. The molecule has 0 radical (unpaired) electrons. The number of nitrogen functional groups attached to an aromatic ring is 1. The summed E-state index contributed by atoms with van der Waals surface area (Å²) in [6.07, 6.45) is 4.78. The van der Waals surface area contributed by atoms with Crippen LogP contribution < -0.4 is 11.1 Å². The molecule has 0 saturated heterocycles. The Kier molecular flexibility index (Phi) is 4.76. The van der Waals surface area contributed by atoms with Gasteiger partial charge in [0.15, 0.2) is 0 Å². The van der Waals surface area contributed by atoms with Crippen molar-refractivity contribution in [3.63, 3.8) is 0 Å². The number of rotatable bonds is 6. The Bertz CT molecular complexity index is 551. The molecule has 1 heterocycles. The molecule has 1 atom stereocenters. The van der Waals surface area contributed by atoms with Gasteiger partial charge in [0.25, 0.3) is 0 Å². The zero-order valence-corrected chi connectivity index (χ0v) is 11.6. The Labute approximate surface area is 118 Å². The van der Waals surface area contributed by atoms with Crippen molar-refractivity contribution in [3.8, 4) is 0 Å². The largest absolute Gasteiger partial charge is 0.399 e. The molecular weight excluding hydrogens is 252 g/mol. The van der Waals surface area contributed by atoms with Crippen LogP contribution in [-0.4, -0.2) is 21.7 Å². The van der Waals surface area contributed by atoms with Gasteiger partial charge < -0.3 is 11.1 Å². The summed E-state index contributed by atoms with van der Waals surface area (Å²) in [5.74, 6) is 0.0482. The van der Waals surface area contributed by atoms with Crippen molar-refractivity contribution >= 4 is 11.6 Å². The maximum atomic E-state index is 11.9. The minimum atomic E-state index is 0.0482. The average molecular weight is 272 g/mol. The highest BCUT2D eigenvalue weighted by Crippen LogP contribution is 2.08. The summed E-state index contributed by atoms with van der Waals surface area (Å²) >= 11 is 0. The van der Waals surface area contributed by atoms with Gasteiger partial charge in [-0.3, -0.25) is 9.48 Å². The first-order chi connectivity index (χ1) is 9.63. The summed E-state index contributed by atoms with van der Waals surface area (Å²) in [6.45, 7) is 2.65. The van der Waals surface area contributed by atoms with Gasteiger partial charge in [0.1, 0.15) is 0 Å². The Morgan fingerprint density at radius 1 is 1.45 bits per heavy atom. The molecule has 0 saturated carbocycles. The van der Waals surface area contributed by atoms with E-state index >= 15 is 0 Å². The van der Waals surface area contributed by atoms with Crippen molar-refractivity contribution in [2.24, 2.45) is 0 Å². The highest BCUT2D eigenvalue weighted by molar-refractivity contribution is 5.76. The van der Waals surface area contributed by atoms with Gasteiger partial charge in [0.05, 0.1) is 6.54 Å². The molecule has 0 bridgehead atoms. The lowest BCUT2D eigenvalue weighted by Crippen LogP contribution is -2.35. The molecule has 0 spiro atoms. The lowest BCUT2D eigenvalue weighted by Gasteiger charge is -2.14. The molecule has 3 N–H and O–H groups in total. The number of nitrogens with one attached hydrogen (secondary N) is 1. The fourth-order valence-electron chi connectivity index (χ4n) is 2.09. The van der Waals surface area contributed by atoms with Crippen molar-refractivity contribution in [2.75, 3.05) is 5.73 Å². The van der Waals surface area contributed by atoms with E-state index in [1.807, 2.05) is 48.1 Å². The van der Waals surface area contributed by atoms with E-state index in [4.69, 9.17) is 5.73 Å². The second-order valence-electron chi connectivity index (χ2n) is 4.94. The Balaban J connectivity index is 1.75. The number of nitrogens with two attached hydrogens (primary N) is 1. The highest BCUT2D eigenvalue weighted by atomic mass is 16.1. The summed E-state index contributed by atoms with van der Waals surface area (Å²) in [6, 6.07) is 9.56. The first-order valence-electron chi connectivity index (χ1n) is 6.74. The van der Waals surface area contributed by atoms with E-state index in [0.717, 1.165) is 11.3 Å². The third kappa shape index (κ3) is 4.42. The number of hydrogen-bond acceptors (Lipinski definition) is 3. The second-order valence-corrected chi connectivity index (χ2v) is 4.94. The predicted octanol–water partition coefficient (Wildman–Crippen LogP) is 1.60. The molecule has 1 aromatic carbocycles. The van der Waals surface area contributed by atoms with Crippen LogP contribution in [0.15, 0.2) is 42.7 Å². The molecule has 0 aliphatic rings. The standard InChI is InChI=1S/C15H20N4O/c1-12(11-19-9-3-8-17-19)18-15(20)7-6-13-4-2-5-14(16)10-13/h2-5,8-10,12H,6-7,11,16H2,1H3,(H,18,20). The first kappa shape index (κ1) is 14.1. The molecule has 2 rings (SSSR count). The zero-order chi connectivity index (χ0) is 14.4. The summed E-state index contributed by atoms with van der Waals surface area (Å²) in [5, 5.41) is 7.09. The number of anilines is 1. The van der Waals surface area contributed by atoms with Gasteiger partial charge in [-0.05, 0) is 37.1 Å². The van der Waals surface area contributed by atoms with Gasteiger partial charge in [-0.1, -0.05) is 12.1 Å². The maximum absolute atomic E-state index is 11.9. The Hall–Kier alpha value is -2.30. The predicted molar refractivity (Wildman–Crippen MR) is 79.0 cm³/mol. The number of aryl methyl sites for hydroxylation is 1. The van der Waals surface area contributed by atoms with Crippen LogP contribution in [0.2, 0.25) is 0 Å². The number of hydrogen-bond donors (Lipinski definition) is 2. The van der Waals surface area contributed by atoms with Gasteiger partial charge in [0, 0.05) is 30.5 Å². The van der Waals surface area contributed by atoms with E-state index in [1.165, 1.54) is 0 Å². The molecule has 106 valence electrons. The Morgan fingerprint density at radius 2 is 2.30 bits per heavy atom. The van der Waals surface area contributed by atoms with E-state index in [0.29, 0.717) is 19.4 Å². The van der Waals surface area contributed by atoms with E-state index in [9.17, 15) is 4.79 Å². The summed E-state index contributed by atoms with van der Waals surface area (Å²) in [7, 11) is 0. The second kappa shape index (κ2) is 6.75. The van der Waals surface area contributed by atoms with Gasteiger partial charge in [0.2, 0.25) is 5.91 Å². The van der Waals surface area contributed by atoms with Crippen molar-refractivity contribution in [1.29, 1.82) is 0 Å². The van der Waals surface area contributed by atoms with Crippen LogP contribution in [0.1, 0.15) is 18.9 Å². The molecule has 5 nitrogen and oxygen atoms in total. The third-order valence-electron chi connectivity index (χ3n) is 3.02. The van der Waals surface area contributed by atoms with E-state index in [2.05, 4.69) is 10.4 Å². The third-order valence-corrected chi connectivity index (χ3v) is 3.02. The van der Waals surface area contributed by atoms with Crippen molar-refractivity contribution in [3.05, 3.63) is 48.3 Å². The summed E-state index contributed by atoms with van der Waals surface area (Å²) < 4.78 is 1.81. The maximum Gasteiger partial charge on any atom is 0.220 e. The van der Waals surface area contributed by atoms with Gasteiger partial charge in [-0.15, -0.1) is 0 Å². The molecule has 1 unspecified atom stereocenters. The van der Waals surface area contributed by atoms with Gasteiger partial charge >= 0.3 is 0 Å². The fraction of sp³-hybridized carbons (Fsp3) is 0.333. The molecule has 0 fully saturated rings. The van der Waals surface area contributed by atoms with E-state index < -0.39 is 0 Å². The van der Waals surface area contributed by atoms with Crippen molar-refractivity contribution < 1.29 is 4.79 Å². The minimum absolute atomic E-state index is 0.0482. The average Bonchev–Trinajstić information content (AvgIpc) is 2.89. The van der Waals surface area contributed by atoms with E-state index in [1.54, 1.807) is 6.20 Å². The topological polar surface area (TPSA) is 72.9 Å². The SMILES string of the molecule is CC(Cn1cccn1)NC(=O)CCc1cccc(N)c1. The van der Waals surface area contributed by atoms with Crippen LogP contribution in [0.25, 0.3) is 0 Å². The number of carbonyl (C=O) groups is 1. The van der Waals surface area contributed by atoms with Gasteiger partial charge in [-0.2, -0.15) is 5.10 Å². The summed E-state index contributed by atoms with van der Waals surface area (Å²) in [4.78, 5) is 11.9. The smallest absolute Gasteiger partial charge is 0.220 e. The van der Waals surface area contributed by atoms with E-state index in [-0.39, 0.29) is 11.9 Å². The van der Waals surface area contributed by atoms with Crippen LogP contribution >= 0.6 is 0 Å². The number of carbonyl (C=O) groups excluding carboxylic acids is 1. The minimum Gasteiger partial charge on any atom is -0.399 e. The van der Waals surface area contributed by atoms with Crippen molar-refractivity contribution in [2.45, 2.75) is 32.4 Å². The molecule has 0 aliphatic carbocycles. The summed E-state index contributed by atoms with van der Waals surface area (Å²) in [5.41, 5.74) is 7.53. The van der Waals surface area contributed by atoms with Crippen LogP contribution in [0.4, 0.5) is 5.69 Å². The zero-order valence-electron chi connectivity index (χ0n) is 11.6. The molecule has 5 heteroatoms. The Morgan fingerprint density at radius 3 is 3.00 bits per heavy atom. The monoisotopic (exact) mass is 272 g/mol. The van der Waals surface area contributed by atoms with Crippen molar-refractivity contribution in [1.82, 2.24) is 15.1 Å².